The van der Waals surface area contributed by atoms with Crippen LogP contribution in [0.5, 0.6) is 11.5 Å². The normalized spacial score (nSPS) is 17.7. The van der Waals surface area contributed by atoms with Gasteiger partial charge in [-0.2, -0.15) is 5.01 Å². The smallest absolute Gasteiger partial charge is 0.270 e. The van der Waals surface area contributed by atoms with Gasteiger partial charge in [0.25, 0.3) is 5.69 Å². The Morgan fingerprint density at radius 1 is 1.23 bits per heavy atom. The van der Waals surface area contributed by atoms with Gasteiger partial charge < -0.3 is 14.2 Å². The Morgan fingerprint density at radius 3 is 2.81 bits per heavy atom. The van der Waals surface area contributed by atoms with Crippen LogP contribution in [0.3, 0.4) is 0 Å². The molecule has 2 aliphatic heterocycles. The Balaban J connectivity index is 1.68. The second-order valence-electron chi connectivity index (χ2n) is 5.66. The highest BCUT2D eigenvalue weighted by molar-refractivity contribution is 5.96. The van der Waals surface area contributed by atoms with Gasteiger partial charge in [-0.25, -0.2) is 0 Å². The highest BCUT2D eigenvalue weighted by atomic mass is 16.7. The molecule has 9 heteroatoms. The van der Waals surface area contributed by atoms with Crippen LogP contribution in [-0.4, -0.2) is 28.5 Å². The number of fused-ring (bicyclic) bond motifs is 1. The van der Waals surface area contributed by atoms with Crippen molar-refractivity contribution in [3.8, 4) is 11.5 Å². The van der Waals surface area contributed by atoms with Crippen molar-refractivity contribution in [2.24, 2.45) is 5.10 Å². The maximum atomic E-state index is 12.0. The first-order valence-corrected chi connectivity index (χ1v) is 7.72. The number of nitro groups is 1. The molecule has 0 bridgehead atoms. The fourth-order valence-corrected chi connectivity index (χ4v) is 2.72. The summed E-state index contributed by atoms with van der Waals surface area (Å²) in [7, 11) is 0. The number of carbonyl (C=O) groups excluding carboxylic acids is 1. The third-order valence-corrected chi connectivity index (χ3v) is 3.95. The van der Waals surface area contributed by atoms with Crippen LogP contribution in [0.1, 0.15) is 24.3 Å². The number of nitrogens with zero attached hydrogens (tertiary/aromatic N) is 3. The Labute approximate surface area is 147 Å². The first-order valence-electron chi connectivity index (χ1n) is 7.72. The van der Waals surface area contributed by atoms with Gasteiger partial charge in [0.05, 0.1) is 4.92 Å². The first-order chi connectivity index (χ1) is 12.5. The molecule has 0 saturated heterocycles. The van der Waals surface area contributed by atoms with Crippen LogP contribution in [0.2, 0.25) is 0 Å². The van der Waals surface area contributed by atoms with Crippen LogP contribution >= 0.6 is 0 Å². The molecular weight excluding hydrogens is 342 g/mol. The zero-order chi connectivity index (χ0) is 18.3. The number of amides is 1. The van der Waals surface area contributed by atoms with Crippen LogP contribution < -0.4 is 9.47 Å². The molecule has 4 rings (SSSR count). The lowest BCUT2D eigenvalue weighted by atomic mass is 10.1. The molecule has 0 aromatic heterocycles. The van der Waals surface area contributed by atoms with Crippen molar-refractivity contribution in [1.82, 2.24) is 5.01 Å². The molecule has 132 valence electrons. The van der Waals surface area contributed by atoms with Gasteiger partial charge in [0.2, 0.25) is 24.8 Å². The van der Waals surface area contributed by atoms with E-state index < -0.39 is 11.2 Å². The van der Waals surface area contributed by atoms with Gasteiger partial charge in [-0.15, -0.1) is 5.10 Å². The number of hydrogen-bond donors (Lipinski definition) is 0. The molecule has 0 fully saturated rings. The lowest BCUT2D eigenvalue weighted by Crippen LogP contribution is -2.25. The molecule has 0 saturated carbocycles. The third kappa shape index (κ3) is 2.69. The van der Waals surface area contributed by atoms with E-state index in [0.717, 1.165) is 0 Å². The average molecular weight is 355 g/mol. The summed E-state index contributed by atoms with van der Waals surface area (Å²) in [5.74, 6) is 0.971. The molecule has 2 aromatic carbocycles. The Kier molecular flexibility index (Phi) is 3.68. The number of hydrogen-bond acceptors (Lipinski definition) is 7. The van der Waals surface area contributed by atoms with Crippen molar-refractivity contribution < 1.29 is 23.9 Å². The molecule has 0 radical (unpaired) electrons. The minimum Gasteiger partial charge on any atom is -0.454 e. The van der Waals surface area contributed by atoms with E-state index in [-0.39, 0.29) is 24.3 Å². The fraction of sp³-hybridized carbons (Fsp3) is 0.176. The second kappa shape index (κ2) is 6.03. The van der Waals surface area contributed by atoms with E-state index >= 15 is 0 Å². The summed E-state index contributed by atoms with van der Waals surface area (Å²) in [6.45, 7) is 1.50. The van der Waals surface area contributed by atoms with Gasteiger partial charge in [0.15, 0.2) is 11.5 Å². The monoisotopic (exact) mass is 355 g/mol. The Hall–Kier alpha value is -3.62. The van der Waals surface area contributed by atoms with Gasteiger partial charge in [-0.3, -0.25) is 14.9 Å². The lowest BCUT2D eigenvalue weighted by Gasteiger charge is -2.19. The molecule has 0 N–H and O–H groups in total. The molecule has 0 aliphatic carbocycles. The van der Waals surface area contributed by atoms with Crippen molar-refractivity contribution >= 4 is 17.5 Å². The van der Waals surface area contributed by atoms with Crippen LogP contribution in [0.4, 0.5) is 5.69 Å². The number of benzene rings is 2. The average Bonchev–Trinajstić information content (AvgIpc) is 3.28. The fourth-order valence-electron chi connectivity index (χ4n) is 2.72. The van der Waals surface area contributed by atoms with Gasteiger partial charge >= 0.3 is 0 Å². The van der Waals surface area contributed by atoms with Crippen molar-refractivity contribution in [3.05, 3.63) is 63.7 Å². The Morgan fingerprint density at radius 2 is 2.04 bits per heavy atom. The van der Waals surface area contributed by atoms with Crippen molar-refractivity contribution in [3.63, 3.8) is 0 Å². The van der Waals surface area contributed by atoms with E-state index in [4.69, 9.17) is 14.2 Å². The highest BCUT2D eigenvalue weighted by Crippen LogP contribution is 2.38. The van der Waals surface area contributed by atoms with Crippen molar-refractivity contribution in [2.45, 2.75) is 13.2 Å². The zero-order valence-corrected chi connectivity index (χ0v) is 13.6. The second-order valence-corrected chi connectivity index (χ2v) is 5.66. The van der Waals surface area contributed by atoms with E-state index in [0.29, 0.717) is 22.6 Å². The Bertz CT molecular complexity index is 942. The minimum absolute atomic E-state index is 0.0882. The SMILES string of the molecule is CC(=O)N1N=C(c2cccc([N+](=O)[O-])c2)O[C@@H]1c1ccc2c(c1)OCO2. The molecule has 2 aliphatic rings. The molecule has 1 atom stereocenters. The first kappa shape index (κ1) is 15.9. The lowest BCUT2D eigenvalue weighted by molar-refractivity contribution is -0.384. The standard InChI is InChI=1S/C17H13N3O6/c1-10(21)19-17(12-5-6-14-15(8-12)25-9-24-14)26-16(18-19)11-3-2-4-13(7-11)20(22)23/h2-8,17H,9H2,1H3/t17-/m1/s1. The molecule has 2 heterocycles. The highest BCUT2D eigenvalue weighted by Gasteiger charge is 2.34. The summed E-state index contributed by atoms with van der Waals surface area (Å²) in [5, 5.41) is 16.3. The predicted octanol–water partition coefficient (Wildman–Crippen LogP) is 2.56. The van der Waals surface area contributed by atoms with Gasteiger partial charge in [0, 0.05) is 30.2 Å². The van der Waals surface area contributed by atoms with E-state index in [9.17, 15) is 14.9 Å². The molecule has 9 nitrogen and oxygen atoms in total. The summed E-state index contributed by atoms with van der Waals surface area (Å²) in [4.78, 5) is 22.5. The zero-order valence-electron chi connectivity index (χ0n) is 13.6. The number of nitro benzene ring substituents is 1. The van der Waals surface area contributed by atoms with E-state index in [1.165, 1.54) is 30.1 Å². The topological polar surface area (TPSA) is 104 Å². The summed E-state index contributed by atoms with van der Waals surface area (Å²) in [5.41, 5.74) is 0.969. The predicted molar refractivity (Wildman–Crippen MR) is 88.5 cm³/mol. The maximum Gasteiger partial charge on any atom is 0.270 e. The van der Waals surface area contributed by atoms with Gasteiger partial charge in [-0.1, -0.05) is 6.07 Å². The van der Waals surface area contributed by atoms with Crippen molar-refractivity contribution in [2.75, 3.05) is 6.79 Å². The summed E-state index contributed by atoms with van der Waals surface area (Å²) < 4.78 is 16.5. The summed E-state index contributed by atoms with van der Waals surface area (Å²) in [6.07, 6.45) is -0.795. The number of hydrazone groups is 1. The molecule has 2 aromatic rings. The van der Waals surface area contributed by atoms with Gasteiger partial charge in [-0.05, 0) is 24.3 Å². The molecule has 0 unspecified atom stereocenters. The molecule has 0 spiro atoms. The molecule has 1 amide bonds. The van der Waals surface area contributed by atoms with Crippen LogP contribution in [-0.2, 0) is 9.53 Å². The number of non-ortho nitro benzene ring substituents is 1. The quantitative estimate of drug-likeness (QED) is 0.619. The summed E-state index contributed by atoms with van der Waals surface area (Å²) in [6, 6.07) is 11.1. The number of rotatable bonds is 3. The van der Waals surface area contributed by atoms with Crippen LogP contribution in [0.25, 0.3) is 0 Å². The van der Waals surface area contributed by atoms with Crippen LogP contribution in [0.15, 0.2) is 47.6 Å². The third-order valence-electron chi connectivity index (χ3n) is 3.95. The number of ether oxygens (including phenoxy) is 3. The number of carbonyl (C=O) groups is 1. The largest absolute Gasteiger partial charge is 0.454 e. The molecule has 26 heavy (non-hydrogen) atoms. The molecular formula is C17H13N3O6. The van der Waals surface area contributed by atoms with Gasteiger partial charge in [0.1, 0.15) is 0 Å². The summed E-state index contributed by atoms with van der Waals surface area (Å²) >= 11 is 0. The minimum atomic E-state index is -0.795. The van der Waals surface area contributed by atoms with Crippen LogP contribution in [0, 0.1) is 10.1 Å². The van der Waals surface area contributed by atoms with E-state index in [1.807, 2.05) is 0 Å². The maximum absolute atomic E-state index is 12.0. The van der Waals surface area contributed by atoms with E-state index in [1.54, 1.807) is 24.3 Å². The van der Waals surface area contributed by atoms with E-state index in [2.05, 4.69) is 5.10 Å². The van der Waals surface area contributed by atoms with Crippen molar-refractivity contribution in [1.29, 1.82) is 0 Å².